The Hall–Kier alpha value is -0.830. The van der Waals surface area contributed by atoms with Crippen LogP contribution in [0.1, 0.15) is 17.2 Å². The molecule has 2 N–H and O–H groups in total. The van der Waals surface area contributed by atoms with Gasteiger partial charge in [-0.25, -0.2) is 0 Å². The third-order valence-electron chi connectivity index (χ3n) is 2.06. The fraction of sp³-hybridized carbons (Fsp3) is 0.0909. The van der Waals surface area contributed by atoms with E-state index in [-0.39, 0.29) is 18.4 Å². The van der Waals surface area contributed by atoms with Crippen LogP contribution in [0.15, 0.2) is 47.2 Å². The molecule has 0 saturated carbocycles. The van der Waals surface area contributed by atoms with E-state index in [1.807, 2.05) is 18.2 Å². The number of hydrogen-bond acceptors (Lipinski definition) is 2. The maximum absolute atomic E-state index is 6.07. The molecule has 1 aromatic carbocycles. The van der Waals surface area contributed by atoms with Crippen LogP contribution in [0.25, 0.3) is 0 Å². The van der Waals surface area contributed by atoms with Gasteiger partial charge in [-0.2, -0.15) is 11.3 Å². The van der Waals surface area contributed by atoms with Gasteiger partial charge in [0, 0.05) is 0 Å². The highest BCUT2D eigenvalue weighted by Crippen LogP contribution is 2.20. The van der Waals surface area contributed by atoms with Gasteiger partial charge in [-0.1, -0.05) is 30.3 Å². The third kappa shape index (κ3) is 2.35. The van der Waals surface area contributed by atoms with Crippen molar-refractivity contribution in [3.63, 3.8) is 0 Å². The van der Waals surface area contributed by atoms with E-state index in [4.69, 9.17) is 5.73 Å². The van der Waals surface area contributed by atoms with Crippen LogP contribution in [0, 0.1) is 0 Å². The second kappa shape index (κ2) is 5.15. The molecule has 0 bridgehead atoms. The van der Waals surface area contributed by atoms with Crippen molar-refractivity contribution in [2.45, 2.75) is 6.04 Å². The van der Waals surface area contributed by atoms with Crippen LogP contribution >= 0.6 is 23.7 Å². The normalized spacial score (nSPS) is 11.8. The van der Waals surface area contributed by atoms with E-state index in [9.17, 15) is 0 Å². The van der Waals surface area contributed by atoms with E-state index in [1.165, 1.54) is 11.1 Å². The maximum atomic E-state index is 6.07. The fourth-order valence-corrected chi connectivity index (χ4v) is 2.00. The molecule has 2 aromatic rings. The van der Waals surface area contributed by atoms with E-state index in [2.05, 4.69) is 29.0 Å². The lowest BCUT2D eigenvalue weighted by molar-refractivity contribution is 0.877. The summed E-state index contributed by atoms with van der Waals surface area (Å²) in [4.78, 5) is 0. The zero-order chi connectivity index (χ0) is 9.10. The van der Waals surface area contributed by atoms with Gasteiger partial charge in [0.25, 0.3) is 0 Å². The Balaban J connectivity index is 0.000000980. The van der Waals surface area contributed by atoms with Crippen LogP contribution in [-0.4, -0.2) is 0 Å². The minimum Gasteiger partial charge on any atom is -0.320 e. The average Bonchev–Trinajstić information content (AvgIpc) is 2.71. The van der Waals surface area contributed by atoms with E-state index < -0.39 is 0 Å². The summed E-state index contributed by atoms with van der Waals surface area (Å²) in [6, 6.07) is 12.2. The Bertz CT molecular complexity index is 358. The zero-order valence-electron chi connectivity index (χ0n) is 7.59. The molecule has 0 aliphatic heterocycles. The van der Waals surface area contributed by atoms with Gasteiger partial charge >= 0.3 is 0 Å². The molecule has 0 spiro atoms. The zero-order valence-corrected chi connectivity index (χ0v) is 9.22. The average molecular weight is 226 g/mol. The predicted octanol–water partition coefficient (Wildman–Crippen LogP) is 3.22. The summed E-state index contributed by atoms with van der Waals surface area (Å²) in [5.41, 5.74) is 8.43. The molecule has 0 aliphatic carbocycles. The van der Waals surface area contributed by atoms with Gasteiger partial charge in [-0.05, 0) is 28.0 Å². The lowest BCUT2D eigenvalue weighted by Crippen LogP contribution is -2.10. The van der Waals surface area contributed by atoms with E-state index in [1.54, 1.807) is 11.3 Å². The fourth-order valence-electron chi connectivity index (χ4n) is 1.30. The summed E-state index contributed by atoms with van der Waals surface area (Å²) in [7, 11) is 0. The van der Waals surface area contributed by atoms with Crippen LogP contribution in [-0.2, 0) is 0 Å². The van der Waals surface area contributed by atoms with Crippen molar-refractivity contribution in [2.24, 2.45) is 5.73 Å². The van der Waals surface area contributed by atoms with E-state index in [0.29, 0.717) is 0 Å². The lowest BCUT2D eigenvalue weighted by Gasteiger charge is -2.09. The molecule has 0 aliphatic rings. The molecule has 0 fully saturated rings. The topological polar surface area (TPSA) is 26.0 Å². The van der Waals surface area contributed by atoms with Crippen LogP contribution in [0.3, 0.4) is 0 Å². The van der Waals surface area contributed by atoms with Gasteiger partial charge in [0.2, 0.25) is 0 Å². The second-order valence-electron chi connectivity index (χ2n) is 2.95. The van der Waals surface area contributed by atoms with Crippen molar-refractivity contribution in [2.75, 3.05) is 0 Å². The smallest absolute Gasteiger partial charge is 0.0559 e. The van der Waals surface area contributed by atoms with Crippen molar-refractivity contribution in [3.05, 3.63) is 58.3 Å². The molecule has 0 unspecified atom stereocenters. The first-order chi connectivity index (χ1) is 6.38. The van der Waals surface area contributed by atoms with Crippen LogP contribution in [0.4, 0.5) is 0 Å². The third-order valence-corrected chi connectivity index (χ3v) is 2.76. The molecule has 0 amide bonds. The van der Waals surface area contributed by atoms with E-state index in [0.717, 1.165) is 0 Å². The SMILES string of the molecule is Cl.N[C@@H](c1ccccc1)c1ccsc1. The molecule has 14 heavy (non-hydrogen) atoms. The van der Waals surface area contributed by atoms with E-state index >= 15 is 0 Å². The molecular weight excluding hydrogens is 214 g/mol. The monoisotopic (exact) mass is 225 g/mol. The van der Waals surface area contributed by atoms with Crippen molar-refractivity contribution >= 4 is 23.7 Å². The Morgan fingerprint density at radius 1 is 1.00 bits per heavy atom. The molecule has 1 nitrogen and oxygen atoms in total. The summed E-state index contributed by atoms with van der Waals surface area (Å²) >= 11 is 1.68. The molecule has 0 saturated heterocycles. The van der Waals surface area contributed by atoms with Gasteiger partial charge in [0.1, 0.15) is 0 Å². The number of hydrogen-bond donors (Lipinski definition) is 1. The maximum Gasteiger partial charge on any atom is 0.0559 e. The first-order valence-electron chi connectivity index (χ1n) is 4.20. The Morgan fingerprint density at radius 3 is 2.29 bits per heavy atom. The minimum absolute atomic E-state index is 0. The molecule has 0 radical (unpaired) electrons. The molecule has 2 rings (SSSR count). The molecular formula is C11H12ClNS. The van der Waals surface area contributed by atoms with Gasteiger partial charge in [0.15, 0.2) is 0 Å². The molecule has 3 heteroatoms. The number of benzene rings is 1. The number of nitrogens with two attached hydrogens (primary N) is 1. The van der Waals surface area contributed by atoms with Crippen molar-refractivity contribution in [3.8, 4) is 0 Å². The standard InChI is InChI=1S/C11H11NS.ClH/c12-11(10-6-7-13-8-10)9-4-2-1-3-5-9;/h1-8,11H,12H2;1H/t11-;/m0./s1. The lowest BCUT2D eigenvalue weighted by atomic mass is 10.0. The quantitative estimate of drug-likeness (QED) is 0.835. The van der Waals surface area contributed by atoms with Crippen molar-refractivity contribution < 1.29 is 0 Å². The summed E-state index contributed by atoms with van der Waals surface area (Å²) in [6.07, 6.45) is 0. The minimum atomic E-state index is 0. The number of thiophene rings is 1. The van der Waals surface area contributed by atoms with Crippen LogP contribution in [0.5, 0.6) is 0 Å². The van der Waals surface area contributed by atoms with Crippen molar-refractivity contribution in [1.82, 2.24) is 0 Å². The van der Waals surface area contributed by atoms with Gasteiger partial charge in [-0.15, -0.1) is 12.4 Å². The predicted molar refractivity (Wildman–Crippen MR) is 64.0 cm³/mol. The number of rotatable bonds is 2. The largest absolute Gasteiger partial charge is 0.320 e. The van der Waals surface area contributed by atoms with Gasteiger partial charge in [0.05, 0.1) is 6.04 Å². The first kappa shape index (κ1) is 11.2. The summed E-state index contributed by atoms with van der Waals surface area (Å²) in [5.74, 6) is 0. The molecule has 1 atom stereocenters. The summed E-state index contributed by atoms with van der Waals surface area (Å²) < 4.78 is 0. The van der Waals surface area contributed by atoms with Crippen LogP contribution in [0.2, 0.25) is 0 Å². The highest BCUT2D eigenvalue weighted by molar-refractivity contribution is 7.08. The Morgan fingerprint density at radius 2 is 1.71 bits per heavy atom. The second-order valence-corrected chi connectivity index (χ2v) is 3.73. The first-order valence-corrected chi connectivity index (χ1v) is 5.15. The Kier molecular flexibility index (Phi) is 4.14. The highest BCUT2D eigenvalue weighted by atomic mass is 35.5. The van der Waals surface area contributed by atoms with Crippen LogP contribution < -0.4 is 5.73 Å². The Labute approximate surface area is 94.0 Å². The van der Waals surface area contributed by atoms with Gasteiger partial charge < -0.3 is 5.73 Å². The summed E-state index contributed by atoms with van der Waals surface area (Å²) in [6.45, 7) is 0. The molecule has 1 aromatic heterocycles. The van der Waals surface area contributed by atoms with Crippen molar-refractivity contribution in [1.29, 1.82) is 0 Å². The number of halogens is 1. The van der Waals surface area contributed by atoms with Gasteiger partial charge in [-0.3, -0.25) is 0 Å². The summed E-state index contributed by atoms with van der Waals surface area (Å²) in [5, 5.41) is 4.15. The highest BCUT2D eigenvalue weighted by Gasteiger charge is 2.07. The molecule has 74 valence electrons. The molecule has 1 heterocycles.